The summed E-state index contributed by atoms with van der Waals surface area (Å²) in [5.74, 6) is 0.621. The molecule has 0 atom stereocenters. The number of anilines is 5. The van der Waals surface area contributed by atoms with Gasteiger partial charge >= 0.3 is 6.18 Å². The molecule has 1 aromatic heterocycles. The molecule has 0 radical (unpaired) electrons. The Balaban J connectivity index is 0.867. The second-order valence-electron chi connectivity index (χ2n) is 14.7. The number of ketones is 1. The molecule has 14 heteroatoms. The van der Waals surface area contributed by atoms with Gasteiger partial charge in [-0.25, -0.2) is 9.37 Å². The molecule has 2 aliphatic heterocycles. The summed E-state index contributed by atoms with van der Waals surface area (Å²) in [5.41, 5.74) is 3.42. The molecular formula is C45H44F4N6O4. The first-order chi connectivity index (χ1) is 28.4. The Bertz CT molecular complexity index is 2250. The van der Waals surface area contributed by atoms with Crippen LogP contribution in [0.2, 0.25) is 0 Å². The SMILES string of the molecule is COc1cc(N2CCC(CC(=O)N3CCN(c4ccc(C(=O)c5ccc(F)cc5)cc4)CC3)CC2)ccc1N(C)c1ccc(NC(=O)c2ccc(C(F)(F)F)cc2)cn1. The highest BCUT2D eigenvalue weighted by Crippen LogP contribution is 2.37. The summed E-state index contributed by atoms with van der Waals surface area (Å²) in [6.07, 6.45) is -0.696. The van der Waals surface area contributed by atoms with Crippen LogP contribution in [0.15, 0.2) is 109 Å². The van der Waals surface area contributed by atoms with Crippen LogP contribution in [0.5, 0.6) is 5.75 Å². The van der Waals surface area contributed by atoms with Crippen LogP contribution < -0.4 is 24.8 Å². The molecule has 306 valence electrons. The minimum absolute atomic E-state index is 0.0926. The van der Waals surface area contributed by atoms with Crippen molar-refractivity contribution in [1.29, 1.82) is 0 Å². The highest BCUT2D eigenvalue weighted by molar-refractivity contribution is 6.09. The van der Waals surface area contributed by atoms with Gasteiger partial charge in [0.15, 0.2) is 5.78 Å². The van der Waals surface area contributed by atoms with E-state index in [2.05, 4.69) is 20.1 Å². The predicted octanol–water partition coefficient (Wildman–Crippen LogP) is 8.45. The largest absolute Gasteiger partial charge is 0.494 e. The summed E-state index contributed by atoms with van der Waals surface area (Å²) >= 11 is 0. The van der Waals surface area contributed by atoms with E-state index in [1.54, 1.807) is 31.4 Å². The summed E-state index contributed by atoms with van der Waals surface area (Å²) in [4.78, 5) is 51.6. The predicted molar refractivity (Wildman–Crippen MR) is 219 cm³/mol. The van der Waals surface area contributed by atoms with Gasteiger partial charge in [-0.15, -0.1) is 0 Å². The van der Waals surface area contributed by atoms with E-state index in [9.17, 15) is 31.9 Å². The topological polar surface area (TPSA) is 98.3 Å². The fraction of sp³-hybridized carbons (Fsp3) is 0.289. The number of nitrogens with zero attached hydrogens (tertiary/aromatic N) is 5. The number of hydrogen-bond acceptors (Lipinski definition) is 8. The lowest BCUT2D eigenvalue weighted by Crippen LogP contribution is -2.49. The van der Waals surface area contributed by atoms with Gasteiger partial charge in [0.05, 0.1) is 30.2 Å². The van der Waals surface area contributed by atoms with Crippen LogP contribution in [0.1, 0.15) is 51.1 Å². The molecule has 3 heterocycles. The number of amides is 2. The molecule has 0 aliphatic carbocycles. The number of nitrogens with one attached hydrogen (secondary N) is 1. The molecule has 0 spiro atoms. The van der Waals surface area contributed by atoms with Gasteiger partial charge in [-0.2, -0.15) is 13.2 Å². The van der Waals surface area contributed by atoms with E-state index < -0.39 is 17.6 Å². The van der Waals surface area contributed by atoms with Gasteiger partial charge in [-0.1, -0.05) is 0 Å². The Kier molecular flexibility index (Phi) is 12.1. The zero-order valence-corrected chi connectivity index (χ0v) is 32.7. The molecule has 2 fully saturated rings. The van der Waals surface area contributed by atoms with Crippen LogP contribution >= 0.6 is 0 Å². The number of carbonyl (C=O) groups excluding carboxylic acids is 3. The average Bonchev–Trinajstić information content (AvgIpc) is 3.26. The maximum absolute atomic E-state index is 13.4. The fourth-order valence-corrected chi connectivity index (χ4v) is 7.51. The molecule has 2 aliphatic rings. The molecule has 4 aromatic carbocycles. The first-order valence-electron chi connectivity index (χ1n) is 19.4. The summed E-state index contributed by atoms with van der Waals surface area (Å²) in [5, 5.41) is 2.67. The fourth-order valence-electron chi connectivity index (χ4n) is 7.51. The smallest absolute Gasteiger partial charge is 0.416 e. The molecule has 0 saturated carbocycles. The number of pyridine rings is 1. The van der Waals surface area contributed by atoms with E-state index >= 15 is 0 Å². The van der Waals surface area contributed by atoms with Crippen molar-refractivity contribution in [2.24, 2.45) is 5.92 Å². The molecule has 10 nitrogen and oxygen atoms in total. The van der Waals surface area contributed by atoms with Crippen molar-refractivity contribution < 1.29 is 36.7 Å². The zero-order valence-electron chi connectivity index (χ0n) is 32.7. The molecule has 1 N–H and O–H groups in total. The van der Waals surface area contributed by atoms with Crippen LogP contribution in [0, 0.1) is 11.7 Å². The van der Waals surface area contributed by atoms with Crippen molar-refractivity contribution in [1.82, 2.24) is 9.88 Å². The van der Waals surface area contributed by atoms with Gasteiger partial charge in [0.2, 0.25) is 5.91 Å². The standard InChI is InChI=1S/C45H44F4N6O4/c1-52(41-18-13-36(29-50-41)51-44(58)33-3-9-34(10-4-33)45(47,48)49)39-17-16-38(28-40(39)59-2)53-21-19-30(20-22-53)27-42(56)55-25-23-54(24-26-55)37-14-7-32(8-15-37)43(57)31-5-11-35(46)12-6-31/h3-18,28-30H,19-27H2,1-2H3,(H,51,58). The number of methoxy groups -OCH3 is 1. The lowest BCUT2D eigenvalue weighted by molar-refractivity contribution is -0.137. The quantitative estimate of drug-likeness (QED) is 0.105. The first-order valence-corrected chi connectivity index (χ1v) is 19.4. The number of halogens is 4. The summed E-state index contributed by atoms with van der Waals surface area (Å²) in [7, 11) is 3.46. The van der Waals surface area contributed by atoms with Gasteiger partial charge in [0.25, 0.3) is 5.91 Å². The highest BCUT2D eigenvalue weighted by atomic mass is 19.4. The van der Waals surface area contributed by atoms with Crippen LogP contribution in [-0.2, 0) is 11.0 Å². The van der Waals surface area contributed by atoms with Crippen molar-refractivity contribution in [3.8, 4) is 5.75 Å². The number of benzene rings is 4. The highest BCUT2D eigenvalue weighted by Gasteiger charge is 2.30. The van der Waals surface area contributed by atoms with Crippen LogP contribution in [0.4, 0.5) is 46.1 Å². The Morgan fingerprint density at radius 2 is 1.36 bits per heavy atom. The van der Waals surface area contributed by atoms with Gasteiger partial charge in [0.1, 0.15) is 17.4 Å². The Morgan fingerprint density at radius 1 is 0.763 bits per heavy atom. The molecule has 0 unspecified atom stereocenters. The molecular weight excluding hydrogens is 765 g/mol. The van der Waals surface area contributed by atoms with Crippen molar-refractivity contribution in [3.63, 3.8) is 0 Å². The number of carbonyl (C=O) groups is 3. The summed E-state index contributed by atoms with van der Waals surface area (Å²) in [6.45, 7) is 4.30. The molecule has 7 rings (SSSR count). The second kappa shape index (κ2) is 17.6. The van der Waals surface area contributed by atoms with Crippen LogP contribution in [0.25, 0.3) is 0 Å². The van der Waals surface area contributed by atoms with Gasteiger partial charge in [-0.05, 0) is 116 Å². The third-order valence-electron chi connectivity index (χ3n) is 11.0. The van der Waals surface area contributed by atoms with Gasteiger partial charge in [-0.3, -0.25) is 14.4 Å². The maximum Gasteiger partial charge on any atom is 0.416 e. The number of rotatable bonds is 11. The average molecular weight is 809 g/mol. The molecule has 59 heavy (non-hydrogen) atoms. The Morgan fingerprint density at radius 3 is 1.95 bits per heavy atom. The van der Waals surface area contributed by atoms with Crippen molar-refractivity contribution in [2.45, 2.75) is 25.4 Å². The molecule has 2 saturated heterocycles. The van der Waals surface area contributed by atoms with E-state index in [0.717, 1.165) is 67.3 Å². The number of hydrogen-bond donors (Lipinski definition) is 1. The van der Waals surface area contributed by atoms with E-state index in [-0.39, 0.29) is 23.1 Å². The lowest BCUT2D eigenvalue weighted by Gasteiger charge is -2.38. The third kappa shape index (κ3) is 9.65. The monoisotopic (exact) mass is 808 g/mol. The van der Waals surface area contributed by atoms with E-state index in [0.29, 0.717) is 66.9 Å². The van der Waals surface area contributed by atoms with Crippen LogP contribution in [-0.4, -0.2) is 80.9 Å². The Labute approximate surface area is 340 Å². The van der Waals surface area contributed by atoms with Crippen molar-refractivity contribution in [3.05, 3.63) is 137 Å². The number of alkyl halides is 3. The molecule has 5 aromatic rings. The normalized spacial score (nSPS) is 14.8. The van der Waals surface area contributed by atoms with E-state index in [4.69, 9.17) is 4.74 Å². The third-order valence-corrected chi connectivity index (χ3v) is 11.0. The number of aromatic nitrogens is 1. The maximum atomic E-state index is 13.4. The zero-order chi connectivity index (χ0) is 41.7. The summed E-state index contributed by atoms with van der Waals surface area (Å²) < 4.78 is 57.7. The number of piperidine rings is 1. The van der Waals surface area contributed by atoms with Crippen LogP contribution in [0.3, 0.4) is 0 Å². The Hall–Kier alpha value is -6.44. The molecule has 0 bridgehead atoms. The minimum atomic E-state index is -4.48. The number of ether oxygens (including phenoxy) is 1. The molecule has 2 amide bonds. The first kappa shape index (κ1) is 40.7. The second-order valence-corrected chi connectivity index (χ2v) is 14.7. The summed E-state index contributed by atoms with van der Waals surface area (Å²) in [6, 6.07) is 26.3. The van der Waals surface area contributed by atoms with Crippen molar-refractivity contribution >= 4 is 46.2 Å². The van der Waals surface area contributed by atoms with Gasteiger partial charge in [0, 0.05) is 86.9 Å². The van der Waals surface area contributed by atoms with Gasteiger partial charge < -0.3 is 29.7 Å². The van der Waals surface area contributed by atoms with Crippen molar-refractivity contribution in [2.75, 3.05) is 73.4 Å². The van der Waals surface area contributed by atoms with E-state index in [1.807, 2.05) is 47.2 Å². The lowest BCUT2D eigenvalue weighted by atomic mass is 9.92. The number of piperazine rings is 1. The minimum Gasteiger partial charge on any atom is -0.494 e. The van der Waals surface area contributed by atoms with E-state index in [1.165, 1.54) is 30.5 Å².